The van der Waals surface area contributed by atoms with Gasteiger partial charge in [0.05, 0.1) is 5.54 Å². The van der Waals surface area contributed by atoms with Crippen LogP contribution in [0.5, 0.6) is 11.6 Å². The smallest absolute Gasteiger partial charge is 0.242 e. The van der Waals surface area contributed by atoms with Crippen LogP contribution in [0.4, 0.5) is 4.39 Å². The molecular formula is C19H23FN4O2. The number of piperidine rings is 1. The largest absolute Gasteiger partial charge is 0.437 e. The number of ether oxygens (including phenoxy) is 1. The summed E-state index contributed by atoms with van der Waals surface area (Å²) in [7, 11) is 0. The fraction of sp³-hybridized carbons (Fsp3) is 0.421. The van der Waals surface area contributed by atoms with Crippen molar-refractivity contribution in [2.75, 3.05) is 13.1 Å². The van der Waals surface area contributed by atoms with E-state index in [2.05, 4.69) is 9.97 Å². The van der Waals surface area contributed by atoms with E-state index in [1.807, 2.05) is 0 Å². The van der Waals surface area contributed by atoms with Gasteiger partial charge < -0.3 is 15.4 Å². The maximum atomic E-state index is 13.4. The van der Waals surface area contributed by atoms with Crippen molar-refractivity contribution in [3.63, 3.8) is 0 Å². The number of nitrogens with zero attached hydrogens (tertiary/aromatic N) is 3. The molecule has 1 saturated heterocycles. The van der Waals surface area contributed by atoms with Crippen molar-refractivity contribution in [3.05, 3.63) is 48.2 Å². The molecule has 7 heteroatoms. The lowest BCUT2D eigenvalue weighted by Crippen LogP contribution is -2.53. The van der Waals surface area contributed by atoms with Gasteiger partial charge in [-0.3, -0.25) is 9.78 Å². The Morgan fingerprint density at radius 3 is 2.85 bits per heavy atom. The molecule has 2 N–H and O–H groups in total. The van der Waals surface area contributed by atoms with Gasteiger partial charge in [-0.25, -0.2) is 9.37 Å². The minimum absolute atomic E-state index is 0.00712. The summed E-state index contributed by atoms with van der Waals surface area (Å²) in [5, 5.41) is 0. The van der Waals surface area contributed by atoms with E-state index in [0.29, 0.717) is 30.4 Å². The van der Waals surface area contributed by atoms with Crippen molar-refractivity contribution in [2.24, 2.45) is 5.73 Å². The number of carbonyl (C=O) groups excluding carboxylic acids is 1. The average molecular weight is 358 g/mol. The lowest BCUT2D eigenvalue weighted by Gasteiger charge is -2.36. The number of halogens is 1. The van der Waals surface area contributed by atoms with E-state index in [4.69, 9.17) is 10.5 Å². The van der Waals surface area contributed by atoms with Crippen molar-refractivity contribution in [2.45, 2.75) is 38.1 Å². The standard InChI is InChI=1S/C19H23FN4O2/c1-19(2,21)18(25)24-10-4-5-13(12-24)16-17(23-9-8-22-16)26-15-7-3-6-14(20)11-15/h3,6-9,11,13H,4-5,10,12,21H2,1-2H3/t13-/m1/s1. The molecule has 1 fully saturated rings. The van der Waals surface area contributed by atoms with E-state index in [1.54, 1.807) is 37.1 Å². The number of aromatic nitrogens is 2. The summed E-state index contributed by atoms with van der Waals surface area (Å²) in [6, 6.07) is 5.88. The predicted molar refractivity (Wildman–Crippen MR) is 95.3 cm³/mol. The molecule has 1 aromatic carbocycles. The lowest BCUT2D eigenvalue weighted by molar-refractivity contribution is -0.137. The fourth-order valence-corrected chi connectivity index (χ4v) is 3.13. The topological polar surface area (TPSA) is 81.3 Å². The lowest BCUT2D eigenvalue weighted by atomic mass is 9.93. The Balaban J connectivity index is 1.82. The SMILES string of the molecule is CC(C)(N)C(=O)N1CCC[C@@H](c2nccnc2Oc2cccc(F)c2)C1. The Morgan fingerprint density at radius 2 is 2.12 bits per heavy atom. The molecule has 1 amide bonds. The molecule has 1 aromatic heterocycles. The second-order valence-electron chi connectivity index (χ2n) is 7.12. The third-order valence-corrected chi connectivity index (χ3v) is 4.35. The van der Waals surface area contributed by atoms with Gasteiger partial charge in [0.15, 0.2) is 0 Å². The Labute approximate surface area is 152 Å². The molecule has 1 aliphatic heterocycles. The first-order valence-electron chi connectivity index (χ1n) is 8.67. The molecule has 0 spiro atoms. The second kappa shape index (κ2) is 7.37. The minimum Gasteiger partial charge on any atom is -0.437 e. The first-order valence-corrected chi connectivity index (χ1v) is 8.67. The Kier molecular flexibility index (Phi) is 5.18. The zero-order valence-corrected chi connectivity index (χ0v) is 15.0. The summed E-state index contributed by atoms with van der Waals surface area (Å²) in [4.78, 5) is 23.0. The zero-order valence-electron chi connectivity index (χ0n) is 15.0. The van der Waals surface area contributed by atoms with E-state index < -0.39 is 5.54 Å². The van der Waals surface area contributed by atoms with Crippen molar-refractivity contribution >= 4 is 5.91 Å². The highest BCUT2D eigenvalue weighted by molar-refractivity contribution is 5.85. The van der Waals surface area contributed by atoms with Gasteiger partial charge in [0, 0.05) is 37.5 Å². The number of likely N-dealkylation sites (tertiary alicyclic amines) is 1. The predicted octanol–water partition coefficient (Wildman–Crippen LogP) is 2.85. The van der Waals surface area contributed by atoms with Crippen molar-refractivity contribution in [1.82, 2.24) is 14.9 Å². The van der Waals surface area contributed by atoms with Crippen LogP contribution in [0.25, 0.3) is 0 Å². The number of hydrogen-bond donors (Lipinski definition) is 1. The van der Waals surface area contributed by atoms with Crippen LogP contribution in [0.2, 0.25) is 0 Å². The molecule has 0 bridgehead atoms. The summed E-state index contributed by atoms with van der Waals surface area (Å²) >= 11 is 0. The molecule has 2 heterocycles. The quantitative estimate of drug-likeness (QED) is 0.909. The highest BCUT2D eigenvalue weighted by Crippen LogP contribution is 2.33. The normalized spacial score (nSPS) is 17.8. The van der Waals surface area contributed by atoms with Gasteiger partial charge in [0.1, 0.15) is 17.3 Å². The number of benzene rings is 1. The van der Waals surface area contributed by atoms with E-state index in [9.17, 15) is 9.18 Å². The van der Waals surface area contributed by atoms with Crippen LogP contribution in [0, 0.1) is 5.82 Å². The van der Waals surface area contributed by atoms with E-state index >= 15 is 0 Å². The molecular weight excluding hydrogens is 335 g/mol. The number of hydrogen-bond acceptors (Lipinski definition) is 5. The highest BCUT2D eigenvalue weighted by Gasteiger charge is 2.33. The van der Waals surface area contributed by atoms with Gasteiger partial charge in [-0.15, -0.1) is 0 Å². The summed E-state index contributed by atoms with van der Waals surface area (Å²) in [5.41, 5.74) is 5.72. The van der Waals surface area contributed by atoms with Gasteiger partial charge in [-0.05, 0) is 38.8 Å². The van der Waals surface area contributed by atoms with Gasteiger partial charge >= 0.3 is 0 Å². The maximum Gasteiger partial charge on any atom is 0.242 e. The molecule has 3 rings (SSSR count). The van der Waals surface area contributed by atoms with Crippen molar-refractivity contribution < 1.29 is 13.9 Å². The zero-order chi connectivity index (χ0) is 18.7. The molecule has 0 unspecified atom stereocenters. The summed E-state index contributed by atoms with van der Waals surface area (Å²) in [6.07, 6.45) is 4.85. The first-order chi connectivity index (χ1) is 12.3. The van der Waals surface area contributed by atoms with Crippen molar-refractivity contribution in [3.8, 4) is 11.6 Å². The van der Waals surface area contributed by atoms with E-state index in [-0.39, 0.29) is 17.6 Å². The number of carbonyl (C=O) groups is 1. The van der Waals surface area contributed by atoms with Crippen LogP contribution in [-0.4, -0.2) is 39.4 Å². The van der Waals surface area contributed by atoms with Crippen LogP contribution in [0.15, 0.2) is 36.7 Å². The summed E-state index contributed by atoms with van der Waals surface area (Å²) < 4.78 is 19.2. The molecule has 0 aliphatic carbocycles. The van der Waals surface area contributed by atoms with Crippen LogP contribution in [-0.2, 0) is 4.79 Å². The molecule has 0 saturated carbocycles. The van der Waals surface area contributed by atoms with Crippen LogP contribution < -0.4 is 10.5 Å². The van der Waals surface area contributed by atoms with Gasteiger partial charge in [0.25, 0.3) is 0 Å². The fourth-order valence-electron chi connectivity index (χ4n) is 3.13. The minimum atomic E-state index is -0.912. The van der Waals surface area contributed by atoms with Gasteiger partial charge in [0.2, 0.25) is 11.8 Å². The van der Waals surface area contributed by atoms with Crippen LogP contribution in [0.1, 0.15) is 38.3 Å². The van der Waals surface area contributed by atoms with Gasteiger partial charge in [-0.2, -0.15) is 0 Å². The first kappa shape index (κ1) is 18.3. The Bertz CT molecular complexity index is 791. The summed E-state index contributed by atoms with van der Waals surface area (Å²) in [6.45, 7) is 4.60. The monoisotopic (exact) mass is 358 g/mol. The molecule has 138 valence electrons. The summed E-state index contributed by atoms with van der Waals surface area (Å²) in [5.74, 6) is 0.224. The number of nitrogens with two attached hydrogens (primary N) is 1. The molecule has 2 aromatic rings. The molecule has 1 aliphatic rings. The van der Waals surface area contributed by atoms with Gasteiger partial charge in [-0.1, -0.05) is 6.07 Å². The molecule has 1 atom stereocenters. The number of amides is 1. The van der Waals surface area contributed by atoms with Crippen LogP contribution in [0.3, 0.4) is 0 Å². The molecule has 6 nitrogen and oxygen atoms in total. The third-order valence-electron chi connectivity index (χ3n) is 4.35. The Hall–Kier alpha value is -2.54. The van der Waals surface area contributed by atoms with Crippen LogP contribution >= 0.6 is 0 Å². The maximum absolute atomic E-state index is 13.4. The van der Waals surface area contributed by atoms with E-state index in [0.717, 1.165) is 12.8 Å². The van der Waals surface area contributed by atoms with Crippen molar-refractivity contribution in [1.29, 1.82) is 0 Å². The Morgan fingerprint density at radius 1 is 1.35 bits per heavy atom. The average Bonchev–Trinajstić information content (AvgIpc) is 2.61. The van der Waals surface area contributed by atoms with E-state index in [1.165, 1.54) is 18.3 Å². The third kappa shape index (κ3) is 4.16. The molecule has 26 heavy (non-hydrogen) atoms. The number of rotatable bonds is 4. The second-order valence-corrected chi connectivity index (χ2v) is 7.12. The molecule has 0 radical (unpaired) electrons. The highest BCUT2D eigenvalue weighted by atomic mass is 19.1.